The predicted octanol–water partition coefficient (Wildman–Crippen LogP) is 4.02. The van der Waals surface area contributed by atoms with E-state index in [2.05, 4.69) is 15.9 Å². The lowest BCUT2D eigenvalue weighted by atomic mass is 10.0. The number of benzene rings is 1. The van der Waals surface area contributed by atoms with Gasteiger partial charge in [-0.25, -0.2) is 4.79 Å². The van der Waals surface area contributed by atoms with Crippen LogP contribution in [0.3, 0.4) is 0 Å². The highest BCUT2D eigenvalue weighted by molar-refractivity contribution is 9.08. The lowest BCUT2D eigenvalue weighted by Gasteiger charge is -2.03. The summed E-state index contributed by atoms with van der Waals surface area (Å²) in [5.74, 6) is -0.175. The average Bonchev–Trinajstić information content (AvgIpc) is 2.88. The van der Waals surface area contributed by atoms with Crippen molar-refractivity contribution in [1.29, 1.82) is 0 Å². The van der Waals surface area contributed by atoms with Gasteiger partial charge in [0.15, 0.2) is 0 Å². The topological polar surface area (TPSA) is 39.4 Å². The van der Waals surface area contributed by atoms with Crippen LogP contribution < -0.4 is 0 Å². The first-order valence-electron chi connectivity index (χ1n) is 5.66. The van der Waals surface area contributed by atoms with Gasteiger partial charge in [0, 0.05) is 10.9 Å². The van der Waals surface area contributed by atoms with E-state index in [1.54, 1.807) is 13.0 Å². The molecule has 1 heterocycles. The zero-order valence-corrected chi connectivity index (χ0v) is 11.6. The van der Waals surface area contributed by atoms with Crippen molar-refractivity contribution in [3.8, 4) is 11.1 Å². The van der Waals surface area contributed by atoms with Gasteiger partial charge >= 0.3 is 5.97 Å². The lowest BCUT2D eigenvalue weighted by Crippen LogP contribution is -2.04. The normalized spacial score (nSPS) is 10.3. The molecule has 0 fully saturated rings. The average molecular weight is 309 g/mol. The maximum Gasteiger partial charge on any atom is 0.374 e. The first-order valence-corrected chi connectivity index (χ1v) is 6.78. The molecular formula is C14H13BrO3. The van der Waals surface area contributed by atoms with E-state index in [0.29, 0.717) is 6.61 Å². The zero-order chi connectivity index (χ0) is 13.0. The molecule has 1 aromatic heterocycles. The number of hydrogen-bond acceptors (Lipinski definition) is 3. The Morgan fingerprint density at radius 1 is 1.28 bits per heavy atom. The molecule has 0 spiro atoms. The summed E-state index contributed by atoms with van der Waals surface area (Å²) in [5, 5.41) is 0.809. The SMILES string of the molecule is CCOC(=O)c1occc1-c1ccc(CBr)cc1. The van der Waals surface area contributed by atoms with Crippen molar-refractivity contribution in [3.63, 3.8) is 0 Å². The van der Waals surface area contributed by atoms with Crippen LogP contribution in [-0.4, -0.2) is 12.6 Å². The second-order valence-electron chi connectivity index (χ2n) is 3.71. The summed E-state index contributed by atoms with van der Waals surface area (Å²) >= 11 is 3.40. The Bertz CT molecular complexity index is 528. The number of rotatable bonds is 4. The van der Waals surface area contributed by atoms with Gasteiger partial charge in [-0.2, -0.15) is 0 Å². The number of furan rings is 1. The van der Waals surface area contributed by atoms with Crippen LogP contribution in [0.25, 0.3) is 11.1 Å². The summed E-state index contributed by atoms with van der Waals surface area (Å²) in [6, 6.07) is 9.71. The first-order chi connectivity index (χ1) is 8.76. The molecule has 3 nitrogen and oxygen atoms in total. The summed E-state index contributed by atoms with van der Waals surface area (Å²) in [5.41, 5.74) is 2.88. The molecule has 4 heteroatoms. The standard InChI is InChI=1S/C14H13BrO3/c1-2-17-14(16)13-12(7-8-18-13)11-5-3-10(9-15)4-6-11/h3-8H,2,9H2,1H3. The summed E-state index contributed by atoms with van der Waals surface area (Å²) in [6.07, 6.45) is 1.50. The van der Waals surface area contributed by atoms with Crippen LogP contribution in [0, 0.1) is 0 Å². The fraction of sp³-hybridized carbons (Fsp3) is 0.214. The quantitative estimate of drug-likeness (QED) is 0.632. The molecule has 18 heavy (non-hydrogen) atoms. The number of alkyl halides is 1. The summed E-state index contributed by atoms with van der Waals surface area (Å²) < 4.78 is 10.2. The van der Waals surface area contributed by atoms with Crippen LogP contribution in [0.4, 0.5) is 0 Å². The number of ether oxygens (including phenoxy) is 1. The highest BCUT2D eigenvalue weighted by Crippen LogP contribution is 2.26. The Labute approximate surface area is 114 Å². The van der Waals surface area contributed by atoms with Crippen LogP contribution in [-0.2, 0) is 10.1 Å². The molecule has 1 aromatic carbocycles. The van der Waals surface area contributed by atoms with Gasteiger partial charge in [0.2, 0.25) is 5.76 Å². The molecule has 0 saturated carbocycles. The summed E-state index contributed by atoms with van der Waals surface area (Å²) in [7, 11) is 0. The van der Waals surface area contributed by atoms with E-state index in [-0.39, 0.29) is 5.76 Å². The van der Waals surface area contributed by atoms with Gasteiger partial charge in [-0.15, -0.1) is 0 Å². The minimum absolute atomic E-state index is 0.253. The maximum atomic E-state index is 11.7. The third kappa shape index (κ3) is 2.64. The molecule has 0 N–H and O–H groups in total. The molecule has 0 unspecified atom stereocenters. The van der Waals surface area contributed by atoms with E-state index < -0.39 is 5.97 Å². The van der Waals surface area contributed by atoms with Gasteiger partial charge in [-0.1, -0.05) is 40.2 Å². The fourth-order valence-corrected chi connectivity index (χ4v) is 2.04. The van der Waals surface area contributed by atoms with Gasteiger partial charge < -0.3 is 9.15 Å². The predicted molar refractivity (Wildman–Crippen MR) is 72.7 cm³/mol. The lowest BCUT2D eigenvalue weighted by molar-refractivity contribution is 0.0491. The molecule has 2 rings (SSSR count). The molecule has 2 aromatic rings. The van der Waals surface area contributed by atoms with Crippen LogP contribution in [0.2, 0.25) is 0 Å². The molecule has 0 aliphatic carbocycles. The van der Waals surface area contributed by atoms with Crippen molar-refractivity contribution in [2.45, 2.75) is 12.3 Å². The van der Waals surface area contributed by atoms with Crippen molar-refractivity contribution in [1.82, 2.24) is 0 Å². The molecular weight excluding hydrogens is 296 g/mol. The van der Waals surface area contributed by atoms with Gasteiger partial charge in [0.1, 0.15) is 0 Å². The van der Waals surface area contributed by atoms with Crippen LogP contribution in [0.1, 0.15) is 23.0 Å². The number of carbonyl (C=O) groups is 1. The van der Waals surface area contributed by atoms with E-state index in [9.17, 15) is 4.79 Å². The largest absolute Gasteiger partial charge is 0.460 e. The minimum Gasteiger partial charge on any atom is -0.460 e. The Morgan fingerprint density at radius 3 is 2.61 bits per heavy atom. The molecule has 0 aliphatic heterocycles. The Morgan fingerprint density at radius 2 is 2.00 bits per heavy atom. The monoisotopic (exact) mass is 308 g/mol. The highest BCUT2D eigenvalue weighted by atomic mass is 79.9. The zero-order valence-electron chi connectivity index (χ0n) is 9.98. The minimum atomic E-state index is -0.429. The molecule has 0 amide bonds. The van der Waals surface area contributed by atoms with Crippen molar-refractivity contribution in [2.24, 2.45) is 0 Å². The van der Waals surface area contributed by atoms with Gasteiger partial charge in [0.25, 0.3) is 0 Å². The molecule has 0 aliphatic rings. The third-order valence-electron chi connectivity index (χ3n) is 2.55. The van der Waals surface area contributed by atoms with E-state index in [1.165, 1.54) is 11.8 Å². The fourth-order valence-electron chi connectivity index (χ4n) is 1.66. The van der Waals surface area contributed by atoms with Gasteiger partial charge in [-0.05, 0) is 24.1 Å². The Hall–Kier alpha value is -1.55. The van der Waals surface area contributed by atoms with Crippen molar-refractivity contribution < 1.29 is 13.9 Å². The second kappa shape index (κ2) is 5.87. The van der Waals surface area contributed by atoms with Crippen LogP contribution >= 0.6 is 15.9 Å². The number of carbonyl (C=O) groups excluding carboxylic acids is 1. The number of halogens is 1. The van der Waals surface area contributed by atoms with E-state index in [1.807, 2.05) is 24.3 Å². The van der Waals surface area contributed by atoms with Crippen LogP contribution in [0.5, 0.6) is 0 Å². The van der Waals surface area contributed by atoms with Gasteiger partial charge in [0.05, 0.1) is 12.9 Å². The van der Waals surface area contributed by atoms with Crippen molar-refractivity contribution in [2.75, 3.05) is 6.61 Å². The van der Waals surface area contributed by atoms with E-state index in [4.69, 9.17) is 9.15 Å². The summed E-state index contributed by atoms with van der Waals surface area (Å²) in [4.78, 5) is 11.7. The van der Waals surface area contributed by atoms with Gasteiger partial charge in [-0.3, -0.25) is 0 Å². The van der Waals surface area contributed by atoms with E-state index >= 15 is 0 Å². The smallest absolute Gasteiger partial charge is 0.374 e. The molecule has 0 bridgehead atoms. The Kier molecular flexibility index (Phi) is 4.20. The maximum absolute atomic E-state index is 11.7. The van der Waals surface area contributed by atoms with Crippen molar-refractivity contribution in [3.05, 3.63) is 47.9 Å². The molecule has 0 atom stereocenters. The summed E-state index contributed by atoms with van der Waals surface area (Å²) in [6.45, 7) is 2.10. The van der Waals surface area contributed by atoms with E-state index in [0.717, 1.165) is 16.5 Å². The highest BCUT2D eigenvalue weighted by Gasteiger charge is 2.17. The second-order valence-corrected chi connectivity index (χ2v) is 4.28. The first kappa shape index (κ1) is 12.9. The third-order valence-corrected chi connectivity index (χ3v) is 3.19. The molecule has 94 valence electrons. The molecule has 0 saturated heterocycles. The van der Waals surface area contributed by atoms with Crippen LogP contribution in [0.15, 0.2) is 41.0 Å². The number of esters is 1. The number of hydrogen-bond donors (Lipinski definition) is 0. The Balaban J connectivity index is 2.32. The van der Waals surface area contributed by atoms with Crippen molar-refractivity contribution >= 4 is 21.9 Å². The molecule has 0 radical (unpaired) electrons.